The number of carbonyl (C=O) groups is 2. The highest BCUT2D eigenvalue weighted by atomic mass is 35.5. The maximum Gasteiger partial charge on any atom is 0.268 e. The molecule has 130 valence electrons. The van der Waals surface area contributed by atoms with Gasteiger partial charge < -0.3 is 10.1 Å². The zero-order valence-electron chi connectivity index (χ0n) is 13.7. The van der Waals surface area contributed by atoms with Crippen molar-refractivity contribution in [3.05, 3.63) is 52.0 Å². The van der Waals surface area contributed by atoms with E-state index in [2.05, 4.69) is 5.32 Å². The van der Waals surface area contributed by atoms with Gasteiger partial charge in [-0.1, -0.05) is 35.3 Å². The molecular weight excluding hydrogens is 363 g/mol. The second kappa shape index (κ2) is 6.94. The molecule has 0 saturated carbocycles. The van der Waals surface area contributed by atoms with Crippen molar-refractivity contribution in [3.63, 3.8) is 0 Å². The summed E-state index contributed by atoms with van der Waals surface area (Å²) in [6.07, 6.45) is -0.655. The van der Waals surface area contributed by atoms with E-state index in [1.54, 1.807) is 31.2 Å². The summed E-state index contributed by atoms with van der Waals surface area (Å²) >= 11 is 12.0. The molecule has 25 heavy (non-hydrogen) atoms. The average Bonchev–Trinajstić information content (AvgIpc) is 2.57. The minimum Gasteiger partial charge on any atom is -0.479 e. The van der Waals surface area contributed by atoms with Crippen LogP contribution in [0.2, 0.25) is 10.0 Å². The topological polar surface area (TPSA) is 58.6 Å². The largest absolute Gasteiger partial charge is 0.479 e. The molecule has 1 heterocycles. The molecule has 0 radical (unpaired) electrons. The van der Waals surface area contributed by atoms with E-state index in [0.717, 1.165) is 5.56 Å². The third kappa shape index (κ3) is 3.57. The number of rotatable bonds is 3. The summed E-state index contributed by atoms with van der Waals surface area (Å²) in [5, 5.41) is 3.29. The number of ether oxygens (including phenoxy) is 1. The Bertz CT molecular complexity index is 854. The van der Waals surface area contributed by atoms with Crippen molar-refractivity contribution in [2.45, 2.75) is 20.0 Å². The molecule has 7 heteroatoms. The van der Waals surface area contributed by atoms with Gasteiger partial charge in [-0.2, -0.15) is 0 Å². The van der Waals surface area contributed by atoms with Crippen molar-refractivity contribution in [1.82, 2.24) is 0 Å². The van der Waals surface area contributed by atoms with Gasteiger partial charge in [0.2, 0.25) is 5.91 Å². The lowest BCUT2D eigenvalue weighted by Crippen LogP contribution is -2.47. The number of fused-ring (bicyclic) bond motifs is 1. The second-order valence-corrected chi connectivity index (χ2v) is 6.59. The molecule has 0 aliphatic carbocycles. The summed E-state index contributed by atoms with van der Waals surface area (Å²) in [6, 6.07) is 10.5. The van der Waals surface area contributed by atoms with E-state index in [4.69, 9.17) is 27.9 Å². The molecule has 5 nitrogen and oxygen atoms in total. The van der Waals surface area contributed by atoms with E-state index in [1.807, 2.05) is 19.1 Å². The fraction of sp³-hybridized carbons (Fsp3) is 0.222. The molecule has 3 rings (SSSR count). The van der Waals surface area contributed by atoms with Crippen LogP contribution in [0.1, 0.15) is 12.5 Å². The Balaban J connectivity index is 1.84. The predicted molar refractivity (Wildman–Crippen MR) is 98.7 cm³/mol. The lowest BCUT2D eigenvalue weighted by atomic mass is 10.1. The van der Waals surface area contributed by atoms with Crippen molar-refractivity contribution < 1.29 is 14.3 Å². The molecular formula is C18H16Cl2N2O3. The number of anilines is 2. The fourth-order valence-electron chi connectivity index (χ4n) is 2.61. The summed E-state index contributed by atoms with van der Waals surface area (Å²) < 4.78 is 5.60. The summed E-state index contributed by atoms with van der Waals surface area (Å²) in [6.45, 7) is 3.42. The predicted octanol–water partition coefficient (Wildman–Crippen LogP) is 4.05. The van der Waals surface area contributed by atoms with E-state index < -0.39 is 6.10 Å². The number of nitrogens with one attached hydrogen (secondary N) is 1. The molecule has 0 spiro atoms. The van der Waals surface area contributed by atoms with Gasteiger partial charge in [0.25, 0.3) is 5.91 Å². The van der Waals surface area contributed by atoms with Crippen LogP contribution in [0.5, 0.6) is 5.75 Å². The minimum atomic E-state index is -0.655. The number of halogens is 2. The van der Waals surface area contributed by atoms with E-state index in [9.17, 15) is 9.59 Å². The number of hydrogen-bond donors (Lipinski definition) is 1. The highest BCUT2D eigenvalue weighted by Gasteiger charge is 2.32. The van der Waals surface area contributed by atoms with Gasteiger partial charge in [0, 0.05) is 0 Å². The lowest BCUT2D eigenvalue weighted by Gasteiger charge is -2.32. The minimum absolute atomic E-state index is 0.147. The number of hydrogen-bond acceptors (Lipinski definition) is 3. The van der Waals surface area contributed by atoms with Gasteiger partial charge in [0.1, 0.15) is 12.3 Å². The highest BCUT2D eigenvalue weighted by molar-refractivity contribution is 6.44. The third-order valence-electron chi connectivity index (χ3n) is 3.85. The van der Waals surface area contributed by atoms with Gasteiger partial charge in [-0.3, -0.25) is 14.5 Å². The van der Waals surface area contributed by atoms with Gasteiger partial charge in [-0.25, -0.2) is 0 Å². The molecule has 1 aliphatic rings. The first kappa shape index (κ1) is 17.6. The Morgan fingerprint density at radius 3 is 2.80 bits per heavy atom. The Kier molecular flexibility index (Phi) is 4.88. The average molecular weight is 379 g/mol. The zero-order chi connectivity index (χ0) is 18.1. The van der Waals surface area contributed by atoms with Crippen molar-refractivity contribution in [1.29, 1.82) is 0 Å². The van der Waals surface area contributed by atoms with Crippen LogP contribution in [0.3, 0.4) is 0 Å². The van der Waals surface area contributed by atoms with Crippen LogP contribution >= 0.6 is 23.2 Å². The maximum atomic E-state index is 12.5. The Hall–Kier alpha value is -2.24. The van der Waals surface area contributed by atoms with Crippen LogP contribution in [0.25, 0.3) is 0 Å². The van der Waals surface area contributed by atoms with Gasteiger partial charge in [0.15, 0.2) is 6.10 Å². The Morgan fingerprint density at radius 2 is 2.04 bits per heavy atom. The van der Waals surface area contributed by atoms with Crippen LogP contribution in [0.4, 0.5) is 11.4 Å². The molecule has 1 N–H and O–H groups in total. The number of aryl methyl sites for hydroxylation is 1. The zero-order valence-corrected chi connectivity index (χ0v) is 15.2. The number of amides is 2. The van der Waals surface area contributed by atoms with Crippen molar-refractivity contribution in [2.24, 2.45) is 0 Å². The monoisotopic (exact) mass is 378 g/mol. The van der Waals surface area contributed by atoms with Crippen LogP contribution in [0.15, 0.2) is 36.4 Å². The van der Waals surface area contributed by atoms with Gasteiger partial charge in [-0.05, 0) is 43.7 Å². The summed E-state index contributed by atoms with van der Waals surface area (Å²) in [7, 11) is 0. The van der Waals surface area contributed by atoms with Crippen molar-refractivity contribution in [3.8, 4) is 5.75 Å². The van der Waals surface area contributed by atoms with Crippen molar-refractivity contribution in [2.75, 3.05) is 16.8 Å². The summed E-state index contributed by atoms with van der Waals surface area (Å²) in [5.41, 5.74) is 1.95. The number of carbonyl (C=O) groups excluding carboxylic acids is 2. The smallest absolute Gasteiger partial charge is 0.268 e. The van der Waals surface area contributed by atoms with Gasteiger partial charge >= 0.3 is 0 Å². The third-order valence-corrected chi connectivity index (χ3v) is 4.67. The van der Waals surface area contributed by atoms with Gasteiger partial charge in [-0.15, -0.1) is 0 Å². The lowest BCUT2D eigenvalue weighted by molar-refractivity contribution is -0.127. The molecule has 2 aromatic rings. The normalized spacial score (nSPS) is 16.2. The van der Waals surface area contributed by atoms with E-state index in [0.29, 0.717) is 22.1 Å². The van der Waals surface area contributed by atoms with Crippen LogP contribution in [0, 0.1) is 6.92 Å². The van der Waals surface area contributed by atoms with Crippen LogP contribution in [-0.4, -0.2) is 24.5 Å². The van der Waals surface area contributed by atoms with Crippen molar-refractivity contribution >= 4 is 46.4 Å². The summed E-state index contributed by atoms with van der Waals surface area (Å²) in [5.74, 6) is -0.0733. The molecule has 0 bridgehead atoms. The number of benzene rings is 2. The highest BCUT2D eigenvalue weighted by Crippen LogP contribution is 2.35. The molecule has 0 fully saturated rings. The number of nitrogens with zero attached hydrogens (tertiary/aromatic N) is 1. The molecule has 2 amide bonds. The molecule has 1 aliphatic heterocycles. The van der Waals surface area contributed by atoms with Crippen LogP contribution in [-0.2, 0) is 9.59 Å². The van der Waals surface area contributed by atoms with E-state index in [-0.39, 0.29) is 23.4 Å². The fourth-order valence-corrected chi connectivity index (χ4v) is 2.96. The van der Waals surface area contributed by atoms with Crippen LogP contribution < -0.4 is 15.0 Å². The first-order valence-electron chi connectivity index (χ1n) is 7.69. The standard InChI is InChI=1S/C18H16Cl2N2O3/c1-10-6-7-15-14(8-10)22(18(24)11(2)25-15)9-16(23)21-13-5-3-4-12(19)17(13)20/h3-8,11H,9H2,1-2H3,(H,21,23). The first-order valence-corrected chi connectivity index (χ1v) is 8.45. The molecule has 0 aromatic heterocycles. The quantitative estimate of drug-likeness (QED) is 0.875. The summed E-state index contributed by atoms with van der Waals surface area (Å²) in [4.78, 5) is 26.3. The first-order chi connectivity index (χ1) is 11.9. The Morgan fingerprint density at radius 1 is 1.28 bits per heavy atom. The Labute approximate surface area is 155 Å². The SMILES string of the molecule is Cc1ccc2c(c1)N(CC(=O)Nc1cccc(Cl)c1Cl)C(=O)C(C)O2. The van der Waals surface area contributed by atoms with E-state index >= 15 is 0 Å². The molecule has 1 atom stereocenters. The molecule has 2 aromatic carbocycles. The second-order valence-electron chi connectivity index (χ2n) is 5.81. The van der Waals surface area contributed by atoms with E-state index in [1.165, 1.54) is 4.90 Å². The van der Waals surface area contributed by atoms with Gasteiger partial charge in [0.05, 0.1) is 21.4 Å². The molecule has 1 unspecified atom stereocenters. The molecule has 0 saturated heterocycles. The maximum absolute atomic E-state index is 12.5.